The van der Waals surface area contributed by atoms with E-state index in [1.807, 2.05) is 12.1 Å². The summed E-state index contributed by atoms with van der Waals surface area (Å²) in [5.41, 5.74) is 3.24. The molecule has 2 atom stereocenters. The molecule has 1 saturated carbocycles. The number of nitrogens with zero attached hydrogens (tertiary/aromatic N) is 1. The van der Waals surface area contributed by atoms with Crippen LogP contribution in [0.25, 0.3) is 0 Å². The fraction of sp³-hybridized carbons (Fsp3) is 0.500. The van der Waals surface area contributed by atoms with Gasteiger partial charge < -0.3 is 9.47 Å². The first-order valence-corrected chi connectivity index (χ1v) is 5.89. The molecule has 0 heterocycles. The third-order valence-corrected chi connectivity index (χ3v) is 4.32. The smallest absolute Gasteiger partial charge is 0.175 e. The van der Waals surface area contributed by atoms with Crippen molar-refractivity contribution in [3.8, 4) is 6.07 Å². The average Bonchev–Trinajstić information content (AvgIpc) is 2.94. The minimum Gasteiger partial charge on any atom is -0.353 e. The van der Waals surface area contributed by atoms with Crippen LogP contribution in [-0.4, -0.2) is 20.0 Å². The van der Waals surface area contributed by atoms with Crippen molar-refractivity contribution >= 4 is 0 Å². The highest BCUT2D eigenvalue weighted by atomic mass is 16.7. The maximum atomic E-state index is 9.21. The largest absolute Gasteiger partial charge is 0.353 e. The maximum absolute atomic E-state index is 9.21. The van der Waals surface area contributed by atoms with E-state index in [1.54, 1.807) is 14.2 Å². The summed E-state index contributed by atoms with van der Waals surface area (Å²) in [4.78, 5) is 0. The number of ether oxygens (including phenoxy) is 2. The lowest BCUT2D eigenvalue weighted by atomic mass is 9.84. The average molecular weight is 229 g/mol. The van der Waals surface area contributed by atoms with E-state index in [0.717, 1.165) is 24.0 Å². The third kappa shape index (κ3) is 1.23. The van der Waals surface area contributed by atoms with Gasteiger partial charge in [0.2, 0.25) is 0 Å². The number of rotatable bonds is 2. The topological polar surface area (TPSA) is 42.2 Å². The zero-order chi connectivity index (χ0) is 12.0. The normalized spacial score (nSPS) is 27.8. The van der Waals surface area contributed by atoms with Gasteiger partial charge in [-0.1, -0.05) is 12.1 Å². The van der Waals surface area contributed by atoms with E-state index in [9.17, 15) is 5.26 Å². The van der Waals surface area contributed by atoms with Gasteiger partial charge in [0.15, 0.2) is 5.79 Å². The van der Waals surface area contributed by atoms with E-state index >= 15 is 0 Å². The van der Waals surface area contributed by atoms with Crippen LogP contribution in [-0.2, 0) is 9.47 Å². The molecule has 0 saturated heterocycles. The van der Waals surface area contributed by atoms with Crippen LogP contribution in [0.2, 0.25) is 0 Å². The van der Waals surface area contributed by atoms with E-state index in [-0.39, 0.29) is 5.92 Å². The van der Waals surface area contributed by atoms with Gasteiger partial charge in [0.1, 0.15) is 0 Å². The number of fused-ring (bicyclic) bond motifs is 5. The number of benzene rings is 1. The lowest BCUT2D eigenvalue weighted by molar-refractivity contribution is -0.213. The Morgan fingerprint density at radius 1 is 1.35 bits per heavy atom. The highest BCUT2D eigenvalue weighted by Gasteiger charge is 2.55. The molecule has 3 heteroatoms. The Bertz CT molecular complexity index is 499. The van der Waals surface area contributed by atoms with E-state index in [1.165, 1.54) is 5.56 Å². The fourth-order valence-electron chi connectivity index (χ4n) is 3.57. The predicted molar refractivity (Wildman–Crippen MR) is 62.6 cm³/mol. The van der Waals surface area contributed by atoms with Crippen LogP contribution in [0, 0.1) is 11.3 Å². The standard InChI is InChI=1S/C14H15NO2/c1-16-14(17-2)7-10-6-12(14)13-9(8-15)4-3-5-11(10)13/h3-5,10,12H,6-7H2,1-2H3/t10-,12-/m1/s1. The SMILES string of the molecule is COC1(OC)C[C@H]2C[C@@H]1c1c(C#N)cccc12. The number of nitriles is 1. The molecule has 0 spiro atoms. The van der Waals surface area contributed by atoms with E-state index < -0.39 is 5.79 Å². The summed E-state index contributed by atoms with van der Waals surface area (Å²) < 4.78 is 11.2. The fourth-order valence-corrected chi connectivity index (χ4v) is 3.57. The van der Waals surface area contributed by atoms with Crippen molar-refractivity contribution in [2.75, 3.05) is 14.2 Å². The molecule has 2 aliphatic rings. The molecule has 88 valence electrons. The van der Waals surface area contributed by atoms with Gasteiger partial charge in [-0.3, -0.25) is 0 Å². The van der Waals surface area contributed by atoms with Crippen molar-refractivity contribution in [3.63, 3.8) is 0 Å². The molecule has 0 aromatic heterocycles. The van der Waals surface area contributed by atoms with Gasteiger partial charge >= 0.3 is 0 Å². The van der Waals surface area contributed by atoms with Crippen molar-refractivity contribution in [1.29, 1.82) is 5.26 Å². The van der Waals surface area contributed by atoms with Gasteiger partial charge in [0.25, 0.3) is 0 Å². The van der Waals surface area contributed by atoms with Crippen molar-refractivity contribution in [2.45, 2.75) is 30.5 Å². The summed E-state index contributed by atoms with van der Waals surface area (Å²) in [5.74, 6) is 0.154. The van der Waals surface area contributed by atoms with Gasteiger partial charge in [-0.2, -0.15) is 5.26 Å². The number of hydrogen-bond acceptors (Lipinski definition) is 3. The van der Waals surface area contributed by atoms with Crippen molar-refractivity contribution < 1.29 is 9.47 Å². The highest BCUT2D eigenvalue weighted by molar-refractivity contribution is 5.53. The van der Waals surface area contributed by atoms with Crippen LogP contribution in [0.3, 0.4) is 0 Å². The van der Waals surface area contributed by atoms with Crippen molar-refractivity contribution in [2.24, 2.45) is 0 Å². The van der Waals surface area contributed by atoms with Gasteiger partial charge in [-0.15, -0.1) is 0 Å². The molecular formula is C14H15NO2. The Morgan fingerprint density at radius 3 is 2.76 bits per heavy atom. The number of methoxy groups -OCH3 is 2. The first-order chi connectivity index (χ1) is 8.25. The molecule has 0 aliphatic heterocycles. The summed E-state index contributed by atoms with van der Waals surface area (Å²) in [7, 11) is 3.39. The highest BCUT2D eigenvalue weighted by Crippen LogP contribution is 2.60. The molecule has 1 fully saturated rings. The van der Waals surface area contributed by atoms with Gasteiger partial charge in [-0.25, -0.2) is 0 Å². The van der Waals surface area contributed by atoms with Crippen LogP contribution in [0.5, 0.6) is 0 Å². The second-order valence-electron chi connectivity index (χ2n) is 4.83. The Labute approximate surface area is 101 Å². The first-order valence-electron chi connectivity index (χ1n) is 5.89. The summed E-state index contributed by atoms with van der Waals surface area (Å²) in [6.07, 6.45) is 1.93. The van der Waals surface area contributed by atoms with Crippen LogP contribution < -0.4 is 0 Å². The summed E-state index contributed by atoms with van der Waals surface area (Å²) in [6, 6.07) is 8.28. The molecule has 2 bridgehead atoms. The monoisotopic (exact) mass is 229 g/mol. The third-order valence-electron chi connectivity index (χ3n) is 4.32. The maximum Gasteiger partial charge on any atom is 0.175 e. The Balaban J connectivity index is 2.16. The van der Waals surface area contributed by atoms with Crippen LogP contribution >= 0.6 is 0 Å². The molecule has 0 N–H and O–H groups in total. The van der Waals surface area contributed by atoms with E-state index in [0.29, 0.717) is 5.92 Å². The molecule has 0 radical (unpaired) electrons. The lowest BCUT2D eigenvalue weighted by Gasteiger charge is -2.36. The molecule has 3 nitrogen and oxygen atoms in total. The quantitative estimate of drug-likeness (QED) is 0.732. The molecule has 3 rings (SSSR count). The van der Waals surface area contributed by atoms with E-state index in [4.69, 9.17) is 9.47 Å². The minimum absolute atomic E-state index is 0.202. The summed E-state index contributed by atoms with van der Waals surface area (Å²) in [6.45, 7) is 0. The minimum atomic E-state index is -0.523. The van der Waals surface area contributed by atoms with Gasteiger partial charge in [0, 0.05) is 26.6 Å². The van der Waals surface area contributed by atoms with Crippen molar-refractivity contribution in [1.82, 2.24) is 0 Å². The van der Waals surface area contributed by atoms with Gasteiger partial charge in [-0.05, 0) is 29.5 Å². The first kappa shape index (κ1) is 10.8. The lowest BCUT2D eigenvalue weighted by Crippen LogP contribution is -2.38. The Hall–Kier alpha value is -1.37. The Kier molecular flexibility index (Phi) is 2.25. The van der Waals surface area contributed by atoms with Crippen molar-refractivity contribution in [3.05, 3.63) is 34.9 Å². The zero-order valence-electron chi connectivity index (χ0n) is 10.1. The Morgan fingerprint density at radius 2 is 2.12 bits per heavy atom. The van der Waals surface area contributed by atoms with Gasteiger partial charge in [0.05, 0.1) is 11.6 Å². The molecular weight excluding hydrogens is 214 g/mol. The molecule has 1 aromatic carbocycles. The van der Waals surface area contributed by atoms with Crippen LogP contribution in [0.1, 0.15) is 41.4 Å². The van der Waals surface area contributed by atoms with Crippen LogP contribution in [0.15, 0.2) is 18.2 Å². The molecule has 2 aliphatic carbocycles. The zero-order valence-corrected chi connectivity index (χ0v) is 10.1. The molecule has 17 heavy (non-hydrogen) atoms. The number of hydrogen-bond donors (Lipinski definition) is 0. The molecule has 0 amide bonds. The summed E-state index contributed by atoms with van der Waals surface area (Å²) >= 11 is 0. The predicted octanol–water partition coefficient (Wildman–Crippen LogP) is 2.52. The molecule has 1 aromatic rings. The molecule has 0 unspecified atom stereocenters. The van der Waals surface area contributed by atoms with E-state index in [2.05, 4.69) is 12.1 Å². The second-order valence-corrected chi connectivity index (χ2v) is 4.83. The summed E-state index contributed by atoms with van der Waals surface area (Å²) in [5, 5.41) is 9.21. The second kappa shape index (κ2) is 3.56. The van der Waals surface area contributed by atoms with Crippen LogP contribution in [0.4, 0.5) is 0 Å².